The topological polar surface area (TPSA) is 52.6 Å². The number of halogens is 2. The molecule has 0 heterocycles. The number of hydrogen-bond donors (Lipinski definition) is 0. The lowest BCUT2D eigenvalue weighted by molar-refractivity contribution is -0.174. The largest absolute Gasteiger partial charge is 0.457 e. The fourth-order valence-corrected chi connectivity index (χ4v) is 2.01. The van der Waals surface area contributed by atoms with Gasteiger partial charge >= 0.3 is 18.4 Å². The minimum Gasteiger partial charge on any atom is -0.457 e. The summed E-state index contributed by atoms with van der Waals surface area (Å²) in [4.78, 5) is 21.8. The summed E-state index contributed by atoms with van der Waals surface area (Å²) in [5.41, 5.74) is -0.492. The summed E-state index contributed by atoms with van der Waals surface area (Å²) < 4.78 is 32.9. The van der Waals surface area contributed by atoms with Gasteiger partial charge in [-0.05, 0) is 32.1 Å². The van der Waals surface area contributed by atoms with E-state index in [1.54, 1.807) is 0 Å². The summed E-state index contributed by atoms with van der Waals surface area (Å²) in [6.45, 7) is 1.16. The van der Waals surface area contributed by atoms with E-state index in [4.69, 9.17) is 4.74 Å². The second-order valence-corrected chi connectivity index (χ2v) is 4.13. The van der Waals surface area contributed by atoms with Crippen LogP contribution in [0.3, 0.4) is 0 Å². The monoisotopic (exact) mass is 250 g/mol. The van der Waals surface area contributed by atoms with Crippen LogP contribution in [0, 0.1) is 0 Å². The molecule has 1 rings (SSSR count). The van der Waals surface area contributed by atoms with Crippen LogP contribution in [0.15, 0.2) is 0 Å². The zero-order chi connectivity index (χ0) is 12.9. The highest BCUT2D eigenvalue weighted by Gasteiger charge is 2.36. The second-order valence-electron chi connectivity index (χ2n) is 4.13. The average Bonchev–Trinajstić information content (AvgIpc) is 2.75. The molecule has 0 atom stereocenters. The molecule has 1 saturated carbocycles. The van der Waals surface area contributed by atoms with E-state index in [0.717, 1.165) is 25.7 Å². The molecule has 0 unspecified atom stereocenters. The van der Waals surface area contributed by atoms with Gasteiger partial charge in [0.05, 0.1) is 0 Å². The van der Waals surface area contributed by atoms with Gasteiger partial charge in [-0.25, -0.2) is 9.59 Å². The number of hydrogen-bond acceptors (Lipinski definition) is 4. The number of rotatable bonds is 5. The zero-order valence-corrected chi connectivity index (χ0v) is 9.71. The third-order valence-electron chi connectivity index (χ3n) is 3.00. The normalized spacial score (nSPS) is 18.1. The average molecular weight is 250 g/mol. The van der Waals surface area contributed by atoms with E-state index in [1.165, 1.54) is 0 Å². The molecular formula is C11H16F2O4. The van der Waals surface area contributed by atoms with Crippen LogP contribution in [0.5, 0.6) is 0 Å². The van der Waals surface area contributed by atoms with Crippen molar-refractivity contribution >= 4 is 11.9 Å². The molecule has 17 heavy (non-hydrogen) atoms. The van der Waals surface area contributed by atoms with Gasteiger partial charge in [-0.2, -0.15) is 8.78 Å². The van der Waals surface area contributed by atoms with Crippen molar-refractivity contribution in [2.75, 3.05) is 6.61 Å². The van der Waals surface area contributed by atoms with Crippen LogP contribution in [0.4, 0.5) is 8.78 Å². The number of esters is 2. The predicted octanol–water partition coefficient (Wildman–Crippen LogP) is 2.06. The van der Waals surface area contributed by atoms with Gasteiger partial charge in [0, 0.05) is 0 Å². The summed E-state index contributed by atoms with van der Waals surface area (Å²) in [7, 11) is 0. The molecule has 0 radical (unpaired) electrons. The van der Waals surface area contributed by atoms with Gasteiger partial charge in [-0.3, -0.25) is 0 Å². The fourth-order valence-electron chi connectivity index (χ4n) is 2.01. The Kier molecular flexibility index (Phi) is 4.84. The van der Waals surface area contributed by atoms with Gasteiger partial charge in [0.15, 0.2) is 6.61 Å². The molecule has 0 aliphatic heterocycles. The molecule has 0 bridgehead atoms. The maximum absolute atomic E-state index is 11.8. The van der Waals surface area contributed by atoms with Crippen molar-refractivity contribution in [2.45, 2.75) is 51.1 Å². The number of alkyl halides is 2. The van der Waals surface area contributed by atoms with Crippen molar-refractivity contribution in [1.82, 2.24) is 0 Å². The van der Waals surface area contributed by atoms with Crippen molar-refractivity contribution in [3.05, 3.63) is 0 Å². The fraction of sp³-hybridized carbons (Fsp3) is 0.818. The molecule has 0 N–H and O–H groups in total. The van der Waals surface area contributed by atoms with Crippen LogP contribution in [0.25, 0.3) is 0 Å². The van der Waals surface area contributed by atoms with E-state index >= 15 is 0 Å². The Morgan fingerprint density at radius 1 is 1.29 bits per heavy atom. The molecule has 0 aromatic rings. The molecule has 1 aliphatic carbocycles. The van der Waals surface area contributed by atoms with Gasteiger partial charge in [0.1, 0.15) is 5.60 Å². The smallest absolute Gasteiger partial charge is 0.374 e. The van der Waals surface area contributed by atoms with Gasteiger partial charge in [-0.15, -0.1) is 0 Å². The SMILES string of the molecule is CCC1(OC(=O)COC(=O)C(F)F)CCCC1. The van der Waals surface area contributed by atoms with Crippen molar-refractivity contribution in [2.24, 2.45) is 0 Å². The third kappa shape index (κ3) is 3.94. The summed E-state index contributed by atoms with van der Waals surface area (Å²) in [6, 6.07) is 0. The number of carbonyl (C=O) groups is 2. The van der Waals surface area contributed by atoms with Crippen LogP contribution in [-0.2, 0) is 19.1 Å². The van der Waals surface area contributed by atoms with Crippen LogP contribution in [0.2, 0.25) is 0 Å². The first-order valence-corrected chi connectivity index (χ1v) is 5.66. The third-order valence-corrected chi connectivity index (χ3v) is 3.00. The summed E-state index contributed by atoms with van der Waals surface area (Å²) in [5.74, 6) is -2.46. The highest BCUT2D eigenvalue weighted by molar-refractivity contribution is 5.78. The Morgan fingerprint density at radius 3 is 2.35 bits per heavy atom. The molecule has 4 nitrogen and oxygen atoms in total. The molecule has 0 aromatic carbocycles. The van der Waals surface area contributed by atoms with Gasteiger partial charge in [0.25, 0.3) is 0 Å². The van der Waals surface area contributed by atoms with Crippen LogP contribution < -0.4 is 0 Å². The van der Waals surface area contributed by atoms with Crippen LogP contribution >= 0.6 is 0 Å². The first-order chi connectivity index (χ1) is 7.99. The standard InChI is InChI=1S/C11H16F2O4/c1-2-11(5-3-4-6-11)17-8(14)7-16-10(15)9(12)13/h9H,2-7H2,1H3. The maximum atomic E-state index is 11.8. The molecule has 6 heteroatoms. The van der Waals surface area contributed by atoms with E-state index in [-0.39, 0.29) is 0 Å². The predicted molar refractivity (Wildman–Crippen MR) is 54.5 cm³/mol. The first-order valence-electron chi connectivity index (χ1n) is 5.66. The Balaban J connectivity index is 2.36. The van der Waals surface area contributed by atoms with Crippen molar-refractivity contribution in [1.29, 1.82) is 0 Å². The van der Waals surface area contributed by atoms with Crippen LogP contribution in [-0.4, -0.2) is 30.6 Å². The minimum atomic E-state index is -3.21. The molecule has 0 spiro atoms. The van der Waals surface area contributed by atoms with Gasteiger partial charge < -0.3 is 9.47 Å². The lowest BCUT2D eigenvalue weighted by Gasteiger charge is -2.27. The lowest BCUT2D eigenvalue weighted by Crippen LogP contribution is -2.33. The van der Waals surface area contributed by atoms with E-state index in [0.29, 0.717) is 6.42 Å². The highest BCUT2D eigenvalue weighted by Crippen LogP contribution is 2.35. The van der Waals surface area contributed by atoms with Crippen LogP contribution in [0.1, 0.15) is 39.0 Å². The summed E-state index contributed by atoms with van der Waals surface area (Å²) in [6.07, 6.45) is 0.988. The lowest BCUT2D eigenvalue weighted by atomic mass is 9.99. The summed E-state index contributed by atoms with van der Waals surface area (Å²) in [5, 5.41) is 0. The first kappa shape index (κ1) is 13.9. The Labute approximate surface area is 98.3 Å². The van der Waals surface area contributed by atoms with Gasteiger partial charge in [-0.1, -0.05) is 6.92 Å². The molecule has 0 saturated heterocycles. The highest BCUT2D eigenvalue weighted by atomic mass is 19.3. The van der Waals surface area contributed by atoms with E-state index in [1.807, 2.05) is 6.92 Å². The minimum absolute atomic E-state index is 0.492. The van der Waals surface area contributed by atoms with E-state index in [2.05, 4.69) is 4.74 Å². The van der Waals surface area contributed by atoms with E-state index in [9.17, 15) is 18.4 Å². The van der Waals surface area contributed by atoms with Crippen molar-refractivity contribution in [3.8, 4) is 0 Å². The molecule has 98 valence electrons. The zero-order valence-electron chi connectivity index (χ0n) is 9.71. The Hall–Kier alpha value is -1.20. The summed E-state index contributed by atoms with van der Waals surface area (Å²) >= 11 is 0. The Bertz CT molecular complexity index is 285. The molecule has 1 fully saturated rings. The van der Waals surface area contributed by atoms with Gasteiger partial charge in [0.2, 0.25) is 0 Å². The number of carbonyl (C=O) groups excluding carboxylic acids is 2. The molecular weight excluding hydrogens is 234 g/mol. The van der Waals surface area contributed by atoms with Crippen molar-refractivity contribution < 1.29 is 27.8 Å². The second kappa shape index (κ2) is 5.93. The number of ether oxygens (including phenoxy) is 2. The Morgan fingerprint density at radius 2 is 1.88 bits per heavy atom. The van der Waals surface area contributed by atoms with Crippen molar-refractivity contribution in [3.63, 3.8) is 0 Å². The maximum Gasteiger partial charge on any atom is 0.374 e. The molecule has 0 aromatic heterocycles. The van der Waals surface area contributed by atoms with E-state index < -0.39 is 30.6 Å². The molecule has 1 aliphatic rings. The quantitative estimate of drug-likeness (QED) is 0.701. The molecule has 0 amide bonds.